The fourth-order valence-corrected chi connectivity index (χ4v) is 12.4. The zero-order valence-electron chi connectivity index (χ0n) is 29.4. The number of hydrogen-bond acceptors (Lipinski definition) is 5. The molecule has 4 saturated carbocycles. The molecule has 5 aliphatic carbocycles. The maximum Gasteiger partial charge on any atom is 0.312 e. The van der Waals surface area contributed by atoms with Crippen LogP contribution in [0.4, 0.5) is 0 Å². The molecule has 4 fully saturated rings. The number of nitrogens with zero attached hydrogens (tertiary/aromatic N) is 3. The predicted octanol–water partition coefficient (Wildman–Crippen LogP) is 8.51. The third-order valence-electron chi connectivity index (χ3n) is 15.6. The Bertz CT molecular complexity index is 1500. The number of rotatable bonds is 5. The maximum absolute atomic E-state index is 14.5. The summed E-state index contributed by atoms with van der Waals surface area (Å²) in [6, 6.07) is 10.1. The highest BCUT2D eigenvalue weighted by Crippen LogP contribution is 2.75. The summed E-state index contributed by atoms with van der Waals surface area (Å²) in [7, 11) is 0. The number of aliphatic hydroxyl groups excluding tert-OH is 1. The van der Waals surface area contributed by atoms with Crippen LogP contribution in [0.1, 0.15) is 106 Å². The van der Waals surface area contributed by atoms with E-state index in [2.05, 4.69) is 64.7 Å². The Balaban J connectivity index is 1.17. The van der Waals surface area contributed by atoms with E-state index < -0.39 is 5.41 Å². The zero-order chi connectivity index (χ0) is 32.7. The molecular weight excluding hydrogens is 570 g/mol. The fourth-order valence-electron chi connectivity index (χ4n) is 12.4. The third-order valence-corrected chi connectivity index (χ3v) is 15.6. The minimum absolute atomic E-state index is 0.0134. The van der Waals surface area contributed by atoms with E-state index in [0.717, 1.165) is 56.3 Å². The van der Waals surface area contributed by atoms with Crippen LogP contribution < -0.4 is 0 Å². The molecule has 0 saturated heterocycles. The van der Waals surface area contributed by atoms with Gasteiger partial charge in [-0.2, -0.15) is 0 Å². The summed E-state index contributed by atoms with van der Waals surface area (Å²) in [5.74, 6) is 3.20. The van der Waals surface area contributed by atoms with Crippen molar-refractivity contribution in [2.45, 2.75) is 119 Å². The molecule has 5 aliphatic rings. The summed E-state index contributed by atoms with van der Waals surface area (Å²) in [5, 5.41) is 19.6. The van der Waals surface area contributed by atoms with Gasteiger partial charge in [0.2, 0.25) is 0 Å². The number of fused-ring (bicyclic) bond motifs is 7. The normalized spacial score (nSPS) is 42.9. The molecule has 1 aromatic heterocycles. The number of esters is 1. The quantitative estimate of drug-likeness (QED) is 0.266. The summed E-state index contributed by atoms with van der Waals surface area (Å²) in [4.78, 5) is 14.5. The van der Waals surface area contributed by atoms with Crippen molar-refractivity contribution in [2.75, 3.05) is 6.61 Å². The number of benzene rings is 1. The minimum atomic E-state index is -0.450. The fraction of sp³-hybridized carbons (Fsp3) is 0.725. The molecule has 46 heavy (non-hydrogen) atoms. The first-order valence-corrected chi connectivity index (χ1v) is 18.3. The van der Waals surface area contributed by atoms with Gasteiger partial charge < -0.3 is 14.4 Å². The lowest BCUT2D eigenvalue weighted by Gasteiger charge is -2.71. The Morgan fingerprint density at radius 1 is 0.957 bits per heavy atom. The molecule has 2 aromatic rings. The van der Waals surface area contributed by atoms with E-state index in [1.807, 2.05) is 34.9 Å². The second-order valence-electron chi connectivity index (χ2n) is 17.5. The second-order valence-corrected chi connectivity index (χ2v) is 17.5. The van der Waals surface area contributed by atoms with Crippen molar-refractivity contribution in [3.05, 3.63) is 48.3 Å². The summed E-state index contributed by atoms with van der Waals surface area (Å²) in [5.41, 5.74) is 2.56. The third kappa shape index (κ3) is 4.40. The van der Waals surface area contributed by atoms with Gasteiger partial charge in [0.1, 0.15) is 12.9 Å². The number of aromatic nitrogens is 3. The molecule has 0 aliphatic heterocycles. The van der Waals surface area contributed by atoms with Crippen LogP contribution >= 0.6 is 0 Å². The highest BCUT2D eigenvalue weighted by atomic mass is 16.5. The molecule has 0 amide bonds. The molecule has 1 aromatic carbocycles. The summed E-state index contributed by atoms with van der Waals surface area (Å²) in [6.45, 7) is 18.1. The number of allylic oxidation sites excluding steroid dienone is 2. The van der Waals surface area contributed by atoms with Crippen molar-refractivity contribution in [1.82, 2.24) is 14.8 Å². The van der Waals surface area contributed by atoms with Crippen molar-refractivity contribution >= 4 is 5.97 Å². The Hall–Kier alpha value is -2.47. The Kier molecular flexibility index (Phi) is 7.70. The molecule has 0 spiro atoms. The average molecular weight is 628 g/mol. The number of hydrogen-bond donors (Lipinski definition) is 1. The van der Waals surface area contributed by atoms with Crippen LogP contribution in [0.3, 0.4) is 0 Å². The van der Waals surface area contributed by atoms with Crippen molar-refractivity contribution in [2.24, 2.45) is 56.7 Å². The maximum atomic E-state index is 14.5. The zero-order valence-corrected chi connectivity index (χ0v) is 29.4. The molecule has 1 N–H and O–H groups in total. The highest BCUT2D eigenvalue weighted by Gasteiger charge is 2.69. The van der Waals surface area contributed by atoms with E-state index in [9.17, 15) is 9.90 Å². The second kappa shape index (κ2) is 11.0. The lowest BCUT2D eigenvalue weighted by Crippen LogP contribution is -2.65. The van der Waals surface area contributed by atoms with Crippen LogP contribution in [0.2, 0.25) is 0 Å². The van der Waals surface area contributed by atoms with E-state index in [1.165, 1.54) is 12.8 Å². The lowest BCUT2D eigenvalue weighted by atomic mass is 9.33. The van der Waals surface area contributed by atoms with Crippen LogP contribution in [0.25, 0.3) is 11.4 Å². The molecule has 6 heteroatoms. The highest BCUT2D eigenvalue weighted by molar-refractivity contribution is 5.79. The topological polar surface area (TPSA) is 77.2 Å². The van der Waals surface area contributed by atoms with E-state index in [-0.39, 0.29) is 39.7 Å². The molecule has 250 valence electrons. The summed E-state index contributed by atoms with van der Waals surface area (Å²) >= 11 is 0. The number of carbonyl (C=O) groups is 1. The van der Waals surface area contributed by atoms with Gasteiger partial charge in [-0.25, -0.2) is 0 Å². The molecular formula is C40H57N3O3. The first-order chi connectivity index (χ1) is 21.8. The number of aliphatic hydroxyl groups is 1. The van der Waals surface area contributed by atoms with E-state index in [1.54, 1.807) is 11.9 Å². The van der Waals surface area contributed by atoms with E-state index in [0.29, 0.717) is 36.8 Å². The Labute approximate surface area is 276 Å². The lowest BCUT2D eigenvalue weighted by molar-refractivity contribution is -0.207. The molecule has 10 atom stereocenters. The average Bonchev–Trinajstić information content (AvgIpc) is 3.50. The molecule has 0 radical (unpaired) electrons. The largest absolute Gasteiger partial charge is 0.463 e. The number of carbonyl (C=O) groups excluding carboxylic acids is 1. The Morgan fingerprint density at radius 2 is 1.72 bits per heavy atom. The van der Waals surface area contributed by atoms with Gasteiger partial charge >= 0.3 is 5.97 Å². The smallest absolute Gasteiger partial charge is 0.312 e. The van der Waals surface area contributed by atoms with Gasteiger partial charge in [-0.15, -0.1) is 10.2 Å². The molecule has 0 bridgehead atoms. The standard InChI is InChI=1S/C40H57N3O3/c1-26-15-20-40(35(45)46-24-23-43-25-41-42-34(43)28-11-9-8-10-12-28)22-21-38(6)29(33(40)27(26)2)13-14-31-37(5)18-17-32(44)36(3,4)30(37)16-19-39(31,38)7/h8-13,25-27,30-33,44H,14-24H2,1-7H3/t26-,27+,30-,31-,32+,33+,37+,38-,39-,40+/m1/s1. The van der Waals surface area contributed by atoms with Gasteiger partial charge in [0, 0.05) is 5.56 Å². The van der Waals surface area contributed by atoms with Gasteiger partial charge in [0.05, 0.1) is 18.1 Å². The Morgan fingerprint density at radius 3 is 2.48 bits per heavy atom. The monoisotopic (exact) mass is 627 g/mol. The van der Waals surface area contributed by atoms with Crippen LogP contribution in [-0.4, -0.2) is 38.6 Å². The first-order valence-electron chi connectivity index (χ1n) is 18.3. The van der Waals surface area contributed by atoms with Gasteiger partial charge in [-0.3, -0.25) is 4.79 Å². The SMILES string of the molecule is C[C@H]1[C@H](C)CC[C@]2(C(=O)OCCn3cnnc3-c3ccccc3)CC[C@]3(C)C(=CC[C@@H]4[C@@]5(C)CC[C@H](O)C(C)(C)[C@H]5CC[C@]43C)[C@H]12. The molecule has 7 rings (SSSR count). The van der Waals surface area contributed by atoms with Crippen molar-refractivity contribution in [3.63, 3.8) is 0 Å². The molecule has 0 unspecified atom stereocenters. The van der Waals surface area contributed by atoms with E-state index >= 15 is 0 Å². The van der Waals surface area contributed by atoms with Crippen molar-refractivity contribution < 1.29 is 14.6 Å². The summed E-state index contributed by atoms with van der Waals surface area (Å²) < 4.78 is 8.28. The van der Waals surface area contributed by atoms with Crippen LogP contribution in [0.5, 0.6) is 0 Å². The number of ether oxygens (including phenoxy) is 1. The van der Waals surface area contributed by atoms with Gasteiger partial charge in [-0.1, -0.05) is 90.4 Å². The van der Waals surface area contributed by atoms with Crippen molar-refractivity contribution in [1.29, 1.82) is 0 Å². The first kappa shape index (κ1) is 32.1. The van der Waals surface area contributed by atoms with E-state index in [4.69, 9.17) is 4.74 Å². The predicted molar refractivity (Wildman–Crippen MR) is 181 cm³/mol. The van der Waals surface area contributed by atoms with Gasteiger partial charge in [-0.05, 0) is 109 Å². The van der Waals surface area contributed by atoms with Crippen LogP contribution in [-0.2, 0) is 16.1 Å². The molecule has 1 heterocycles. The van der Waals surface area contributed by atoms with Crippen LogP contribution in [0.15, 0.2) is 48.3 Å². The van der Waals surface area contributed by atoms with Gasteiger partial charge in [0.15, 0.2) is 5.82 Å². The summed E-state index contributed by atoms with van der Waals surface area (Å²) in [6.07, 6.45) is 13.7. The minimum Gasteiger partial charge on any atom is -0.463 e. The van der Waals surface area contributed by atoms with Crippen LogP contribution in [0, 0.1) is 56.7 Å². The van der Waals surface area contributed by atoms with Crippen molar-refractivity contribution in [3.8, 4) is 11.4 Å². The molecule has 6 nitrogen and oxygen atoms in total. The van der Waals surface area contributed by atoms with Gasteiger partial charge in [0.25, 0.3) is 0 Å².